The van der Waals surface area contributed by atoms with Crippen LogP contribution in [0, 0.1) is 0 Å². The number of amides is 1. The number of esters is 1. The van der Waals surface area contributed by atoms with E-state index in [9.17, 15) is 18.0 Å². The molecule has 31 heavy (non-hydrogen) atoms. The van der Waals surface area contributed by atoms with E-state index in [-0.39, 0.29) is 17.4 Å². The van der Waals surface area contributed by atoms with Crippen LogP contribution >= 0.6 is 0 Å². The fourth-order valence-corrected chi connectivity index (χ4v) is 5.05. The molecule has 9 heteroatoms. The molecule has 2 aromatic rings. The van der Waals surface area contributed by atoms with E-state index in [0.717, 1.165) is 5.56 Å². The third kappa shape index (κ3) is 4.72. The number of methoxy groups -OCH3 is 1. The Morgan fingerprint density at radius 3 is 2.52 bits per heavy atom. The van der Waals surface area contributed by atoms with Crippen LogP contribution in [0.25, 0.3) is 0 Å². The lowest BCUT2D eigenvalue weighted by atomic mass is 10.1. The summed E-state index contributed by atoms with van der Waals surface area (Å²) >= 11 is 0. The van der Waals surface area contributed by atoms with Gasteiger partial charge in [-0.15, -0.1) is 0 Å². The Morgan fingerprint density at radius 2 is 1.84 bits per heavy atom. The molecule has 0 unspecified atom stereocenters. The normalized spacial score (nSPS) is 13.2. The Balaban J connectivity index is 1.82. The highest BCUT2D eigenvalue weighted by atomic mass is 32.2. The molecule has 0 aliphatic carbocycles. The molecule has 8 nitrogen and oxygen atoms in total. The Bertz CT molecular complexity index is 1080. The maximum Gasteiger partial charge on any atom is 0.343 e. The van der Waals surface area contributed by atoms with Gasteiger partial charge in [0.25, 0.3) is 5.91 Å². The van der Waals surface area contributed by atoms with Gasteiger partial charge >= 0.3 is 5.97 Å². The van der Waals surface area contributed by atoms with Crippen molar-refractivity contribution >= 4 is 27.6 Å². The molecule has 1 aliphatic heterocycles. The highest BCUT2D eigenvalue weighted by Crippen LogP contribution is 2.32. The average Bonchev–Trinajstić information content (AvgIpc) is 3.21. The second-order valence-corrected chi connectivity index (χ2v) is 8.92. The van der Waals surface area contributed by atoms with Crippen LogP contribution in [-0.2, 0) is 26.0 Å². The van der Waals surface area contributed by atoms with Gasteiger partial charge in [-0.3, -0.25) is 4.79 Å². The Labute approximate surface area is 182 Å². The number of sulfonamides is 1. The van der Waals surface area contributed by atoms with Crippen LogP contribution in [0.1, 0.15) is 29.8 Å². The first-order valence-electron chi connectivity index (χ1n) is 10.1. The quantitative estimate of drug-likeness (QED) is 0.579. The first-order valence-corrected chi connectivity index (χ1v) is 11.5. The van der Waals surface area contributed by atoms with Gasteiger partial charge in [-0.1, -0.05) is 19.9 Å². The zero-order valence-corrected chi connectivity index (χ0v) is 18.6. The van der Waals surface area contributed by atoms with Gasteiger partial charge in [-0.05, 0) is 48.4 Å². The number of ether oxygens (including phenoxy) is 2. The molecule has 0 spiro atoms. The third-order valence-corrected chi connectivity index (χ3v) is 7.25. The molecule has 1 aliphatic rings. The molecule has 0 bridgehead atoms. The zero-order chi connectivity index (χ0) is 22.6. The number of carbonyl (C=O) groups excluding carboxylic acids is 2. The summed E-state index contributed by atoms with van der Waals surface area (Å²) in [6.07, 6.45) is 0.571. The molecule has 0 radical (unpaired) electrons. The largest absolute Gasteiger partial charge is 0.482 e. The van der Waals surface area contributed by atoms with Gasteiger partial charge < -0.3 is 14.4 Å². The molecule has 3 rings (SSSR count). The minimum Gasteiger partial charge on any atom is -0.482 e. The second-order valence-electron chi connectivity index (χ2n) is 6.98. The highest BCUT2D eigenvalue weighted by molar-refractivity contribution is 7.89. The molecular formula is C22H26N2O6S. The smallest absolute Gasteiger partial charge is 0.343 e. The van der Waals surface area contributed by atoms with E-state index in [1.165, 1.54) is 11.4 Å². The van der Waals surface area contributed by atoms with Crippen LogP contribution in [0.15, 0.2) is 47.4 Å². The molecule has 2 aromatic carbocycles. The summed E-state index contributed by atoms with van der Waals surface area (Å²) in [4.78, 5) is 26.2. The molecule has 1 heterocycles. The summed E-state index contributed by atoms with van der Waals surface area (Å²) in [5, 5.41) is 0. The van der Waals surface area contributed by atoms with Gasteiger partial charge in [0.2, 0.25) is 10.0 Å². The number of fused-ring (bicyclic) bond motifs is 1. The van der Waals surface area contributed by atoms with Crippen LogP contribution in [0.5, 0.6) is 5.75 Å². The van der Waals surface area contributed by atoms with Crippen molar-refractivity contribution in [2.45, 2.75) is 25.2 Å². The lowest BCUT2D eigenvalue weighted by molar-refractivity contribution is -0.142. The van der Waals surface area contributed by atoms with Crippen LogP contribution in [-0.4, -0.2) is 58.0 Å². The van der Waals surface area contributed by atoms with E-state index in [1.807, 2.05) is 0 Å². The SMILES string of the molecule is CCN(CC)S(=O)(=O)c1ccc2c(c1)CCN2C(=O)c1cccc(OCC(=O)OC)c1. The maximum absolute atomic E-state index is 13.1. The van der Waals surface area contributed by atoms with Crippen LogP contribution in [0.3, 0.4) is 0 Å². The van der Waals surface area contributed by atoms with Crippen molar-refractivity contribution < 1.29 is 27.5 Å². The monoisotopic (exact) mass is 446 g/mol. The number of hydrogen-bond acceptors (Lipinski definition) is 6. The predicted octanol–water partition coefficient (Wildman–Crippen LogP) is 2.47. The minimum absolute atomic E-state index is 0.221. The molecule has 0 saturated carbocycles. The molecule has 0 aromatic heterocycles. The van der Waals surface area contributed by atoms with E-state index in [4.69, 9.17) is 4.74 Å². The fraction of sp³-hybridized carbons (Fsp3) is 0.364. The number of rotatable bonds is 8. The average molecular weight is 447 g/mol. The van der Waals surface area contributed by atoms with Crippen molar-refractivity contribution in [3.63, 3.8) is 0 Å². The van der Waals surface area contributed by atoms with Crippen molar-refractivity contribution in [3.8, 4) is 5.75 Å². The maximum atomic E-state index is 13.1. The first-order chi connectivity index (χ1) is 14.8. The molecule has 0 N–H and O–H groups in total. The summed E-state index contributed by atoms with van der Waals surface area (Å²) in [6, 6.07) is 11.5. The van der Waals surface area contributed by atoms with E-state index in [1.54, 1.807) is 61.2 Å². The number of carbonyl (C=O) groups is 2. The molecule has 0 saturated heterocycles. The van der Waals surface area contributed by atoms with Gasteiger partial charge in [-0.25, -0.2) is 13.2 Å². The third-order valence-electron chi connectivity index (χ3n) is 5.20. The summed E-state index contributed by atoms with van der Waals surface area (Å²) in [5.41, 5.74) is 1.93. The highest BCUT2D eigenvalue weighted by Gasteiger charge is 2.29. The summed E-state index contributed by atoms with van der Waals surface area (Å²) in [5.74, 6) is -0.348. The van der Waals surface area contributed by atoms with E-state index < -0.39 is 16.0 Å². The van der Waals surface area contributed by atoms with E-state index in [2.05, 4.69) is 4.74 Å². The van der Waals surface area contributed by atoms with Gasteiger partial charge in [0.1, 0.15) is 5.75 Å². The topological polar surface area (TPSA) is 93.2 Å². The Morgan fingerprint density at radius 1 is 1.10 bits per heavy atom. The Kier molecular flexibility index (Phi) is 6.97. The van der Waals surface area contributed by atoms with E-state index >= 15 is 0 Å². The summed E-state index contributed by atoms with van der Waals surface area (Å²) in [7, 11) is -2.29. The van der Waals surface area contributed by atoms with Crippen LogP contribution in [0.4, 0.5) is 5.69 Å². The van der Waals surface area contributed by atoms with Gasteiger partial charge in [0, 0.05) is 30.9 Å². The summed E-state index contributed by atoms with van der Waals surface area (Å²) in [6.45, 7) is 4.61. The second kappa shape index (κ2) is 9.49. The molecule has 0 fully saturated rings. The van der Waals surface area contributed by atoms with Gasteiger partial charge in [0.15, 0.2) is 6.61 Å². The number of anilines is 1. The minimum atomic E-state index is -3.56. The predicted molar refractivity (Wildman–Crippen MR) is 116 cm³/mol. The van der Waals surface area contributed by atoms with Gasteiger partial charge in [0.05, 0.1) is 12.0 Å². The van der Waals surface area contributed by atoms with Crippen molar-refractivity contribution in [3.05, 3.63) is 53.6 Å². The van der Waals surface area contributed by atoms with Crippen LogP contribution in [0.2, 0.25) is 0 Å². The van der Waals surface area contributed by atoms with E-state index in [0.29, 0.717) is 43.1 Å². The lowest BCUT2D eigenvalue weighted by Crippen LogP contribution is -2.30. The number of hydrogen-bond donors (Lipinski definition) is 0. The van der Waals surface area contributed by atoms with Crippen molar-refractivity contribution in [2.24, 2.45) is 0 Å². The first kappa shape index (κ1) is 22.8. The molecule has 166 valence electrons. The fourth-order valence-electron chi connectivity index (χ4n) is 3.54. The zero-order valence-electron chi connectivity index (χ0n) is 17.8. The molecule has 0 atom stereocenters. The van der Waals surface area contributed by atoms with Gasteiger partial charge in [-0.2, -0.15) is 4.31 Å². The van der Waals surface area contributed by atoms with Crippen LogP contribution < -0.4 is 9.64 Å². The summed E-state index contributed by atoms with van der Waals surface area (Å²) < 4.78 is 36.9. The van der Waals surface area contributed by atoms with Crippen molar-refractivity contribution in [1.29, 1.82) is 0 Å². The number of nitrogens with zero attached hydrogens (tertiary/aromatic N) is 2. The number of benzene rings is 2. The lowest BCUT2D eigenvalue weighted by Gasteiger charge is -2.20. The van der Waals surface area contributed by atoms with Crippen molar-refractivity contribution in [2.75, 3.05) is 38.3 Å². The standard InChI is InChI=1S/C22H26N2O6S/c1-4-23(5-2)31(27,28)19-9-10-20-16(14-19)11-12-24(20)22(26)17-7-6-8-18(13-17)30-15-21(25)29-3/h6-10,13-14H,4-5,11-12,15H2,1-3H3. The molecule has 1 amide bonds. The molecular weight excluding hydrogens is 420 g/mol. The Hall–Kier alpha value is -2.91. The van der Waals surface area contributed by atoms with Crippen molar-refractivity contribution in [1.82, 2.24) is 4.31 Å².